The summed E-state index contributed by atoms with van der Waals surface area (Å²) in [5, 5.41) is 0.583. The highest BCUT2D eigenvalue weighted by Gasteiger charge is 2.31. The monoisotopic (exact) mass is 646 g/mol. The molecule has 0 saturated carbocycles. The Hall–Kier alpha value is -3.59. The number of likely N-dealkylation sites (N-methyl/N-ethyl adjacent to an activating group) is 1. The second-order valence-electron chi connectivity index (χ2n) is 10.4. The number of nitrogens with zero attached hydrogens (tertiary/aromatic N) is 3. The van der Waals surface area contributed by atoms with Crippen molar-refractivity contribution in [3.05, 3.63) is 58.2 Å². The van der Waals surface area contributed by atoms with Crippen LogP contribution < -0.4 is 18.9 Å². The maximum Gasteiger partial charge on any atom is 0.345 e. The largest absolute Gasteiger partial charge is 0.493 e. The third-order valence-electron chi connectivity index (χ3n) is 7.39. The Labute approximate surface area is 260 Å². The summed E-state index contributed by atoms with van der Waals surface area (Å²) >= 11 is 1.11. The van der Waals surface area contributed by atoms with Crippen LogP contribution in [-0.4, -0.2) is 95.5 Å². The fourth-order valence-corrected chi connectivity index (χ4v) is 7.84. The molecule has 0 unspecified atom stereocenters. The molecule has 0 radical (unpaired) electrons. The average molecular weight is 647 g/mol. The van der Waals surface area contributed by atoms with Gasteiger partial charge in [0.15, 0.2) is 23.1 Å². The molecule has 0 bridgehead atoms. The Morgan fingerprint density at radius 2 is 1.84 bits per heavy atom. The predicted octanol–water partition coefficient (Wildman–Crippen LogP) is 4.45. The van der Waals surface area contributed by atoms with Crippen LogP contribution in [0.4, 0.5) is 10.1 Å². The topological polar surface area (TPSA) is 120 Å². The number of thioether (sulfide) groups is 1. The number of aromatic nitrogens is 1. The SMILES string of the molecule is COC(=O)C1=C(S(=O)(=O)Nc2ccc(Oc3ccnc4cc(OCCCN5CCN(C)CC5)c(OC)cc34)c(F)c2)CCS1. The van der Waals surface area contributed by atoms with Gasteiger partial charge in [-0.1, -0.05) is 0 Å². The van der Waals surface area contributed by atoms with Gasteiger partial charge < -0.3 is 28.7 Å². The average Bonchev–Trinajstić information content (AvgIpc) is 3.52. The van der Waals surface area contributed by atoms with Gasteiger partial charge in [0.05, 0.1) is 36.9 Å². The number of allylic oxidation sites excluding steroid dienone is 1. The minimum Gasteiger partial charge on any atom is -0.493 e. The molecule has 0 spiro atoms. The van der Waals surface area contributed by atoms with Crippen LogP contribution in [0.2, 0.25) is 0 Å². The van der Waals surface area contributed by atoms with Crippen molar-refractivity contribution in [2.75, 3.05) is 71.1 Å². The minimum absolute atomic E-state index is 0.0147. The van der Waals surface area contributed by atoms with Gasteiger partial charge in [0, 0.05) is 62.2 Å². The summed E-state index contributed by atoms with van der Waals surface area (Å²) in [6.45, 7) is 5.72. The summed E-state index contributed by atoms with van der Waals surface area (Å²) in [5.41, 5.74) is 0.561. The summed E-state index contributed by atoms with van der Waals surface area (Å²) in [6, 6.07) is 8.84. The number of hydrogen-bond donors (Lipinski definition) is 1. The van der Waals surface area contributed by atoms with Crippen molar-refractivity contribution in [2.45, 2.75) is 12.8 Å². The molecule has 14 heteroatoms. The lowest BCUT2D eigenvalue weighted by Gasteiger charge is -2.32. The number of rotatable bonds is 12. The van der Waals surface area contributed by atoms with E-state index in [1.54, 1.807) is 31.5 Å². The standard InChI is InChI=1S/C30H35FN4O7S2/c1-34-11-13-35(14-12-34)10-4-15-41-27-19-23-21(18-26(27)39-2)24(7-9-32-23)42-25-6-5-20(17-22(25)31)33-44(37,38)28-8-16-43-29(28)30(36)40-3/h5-7,9,17-19,33H,4,8,10-16H2,1-3H3. The van der Waals surface area contributed by atoms with Crippen LogP contribution in [-0.2, 0) is 19.6 Å². The summed E-state index contributed by atoms with van der Waals surface area (Å²) in [4.78, 5) is 21.1. The maximum atomic E-state index is 15.2. The first-order valence-electron chi connectivity index (χ1n) is 14.1. The number of sulfonamides is 1. The molecule has 236 valence electrons. The third kappa shape index (κ3) is 7.37. The molecule has 2 aliphatic rings. The van der Waals surface area contributed by atoms with Gasteiger partial charge in [-0.3, -0.25) is 9.71 Å². The van der Waals surface area contributed by atoms with Crippen LogP contribution in [0.5, 0.6) is 23.0 Å². The van der Waals surface area contributed by atoms with Crippen molar-refractivity contribution in [2.24, 2.45) is 0 Å². The summed E-state index contributed by atoms with van der Waals surface area (Å²) in [6.07, 6.45) is 2.58. The molecule has 2 aliphatic heterocycles. The van der Waals surface area contributed by atoms with Crippen molar-refractivity contribution in [1.29, 1.82) is 0 Å². The van der Waals surface area contributed by atoms with Crippen LogP contribution in [0.3, 0.4) is 0 Å². The highest BCUT2D eigenvalue weighted by molar-refractivity contribution is 8.06. The molecular formula is C30H35FN4O7S2. The van der Waals surface area contributed by atoms with Crippen LogP contribution >= 0.6 is 11.8 Å². The molecule has 3 aromatic rings. The van der Waals surface area contributed by atoms with E-state index in [9.17, 15) is 13.2 Å². The second kappa shape index (κ2) is 14.0. The molecule has 0 atom stereocenters. The zero-order chi connectivity index (χ0) is 31.3. The van der Waals surface area contributed by atoms with E-state index in [2.05, 4.69) is 31.3 Å². The Morgan fingerprint density at radius 3 is 2.57 bits per heavy atom. The molecule has 11 nitrogen and oxygen atoms in total. The van der Waals surface area contributed by atoms with Crippen molar-refractivity contribution in [3.8, 4) is 23.0 Å². The van der Waals surface area contributed by atoms with E-state index in [4.69, 9.17) is 14.2 Å². The van der Waals surface area contributed by atoms with Gasteiger partial charge in [0.1, 0.15) is 10.7 Å². The van der Waals surface area contributed by atoms with Gasteiger partial charge in [0.2, 0.25) is 0 Å². The Balaban J connectivity index is 1.28. The number of hydrogen-bond acceptors (Lipinski definition) is 11. The number of anilines is 1. The predicted molar refractivity (Wildman–Crippen MR) is 167 cm³/mol. The number of carbonyl (C=O) groups excluding carboxylic acids is 1. The van der Waals surface area contributed by atoms with E-state index in [0.717, 1.165) is 57.0 Å². The lowest BCUT2D eigenvalue weighted by Crippen LogP contribution is -2.44. The zero-order valence-corrected chi connectivity index (χ0v) is 26.4. The third-order valence-corrected chi connectivity index (χ3v) is 10.2. The normalized spacial score (nSPS) is 16.3. The molecule has 1 fully saturated rings. The van der Waals surface area contributed by atoms with Crippen LogP contribution in [0.15, 0.2) is 52.4 Å². The van der Waals surface area contributed by atoms with Crippen molar-refractivity contribution in [3.63, 3.8) is 0 Å². The quantitative estimate of drug-likeness (QED) is 0.222. The fourth-order valence-electron chi connectivity index (χ4n) is 4.98. The van der Waals surface area contributed by atoms with E-state index >= 15 is 4.39 Å². The molecule has 0 amide bonds. The molecule has 44 heavy (non-hydrogen) atoms. The zero-order valence-electron chi connectivity index (χ0n) is 24.8. The fraction of sp³-hybridized carbons (Fsp3) is 0.400. The molecule has 2 aromatic carbocycles. The number of methoxy groups -OCH3 is 2. The van der Waals surface area contributed by atoms with E-state index in [0.29, 0.717) is 40.5 Å². The Kier molecular flexibility index (Phi) is 10.1. The number of carbonyl (C=O) groups is 1. The molecule has 1 saturated heterocycles. The number of pyridine rings is 1. The number of ether oxygens (including phenoxy) is 4. The summed E-state index contributed by atoms with van der Waals surface area (Å²) in [7, 11) is 0.766. The number of halogens is 1. The highest BCUT2D eigenvalue weighted by Crippen LogP contribution is 2.39. The molecular weight excluding hydrogens is 611 g/mol. The minimum atomic E-state index is -4.10. The Bertz CT molecular complexity index is 1660. The first kappa shape index (κ1) is 31.8. The smallest absolute Gasteiger partial charge is 0.345 e. The number of nitrogens with one attached hydrogen (secondary N) is 1. The molecule has 3 heterocycles. The van der Waals surface area contributed by atoms with Gasteiger partial charge in [-0.2, -0.15) is 0 Å². The Morgan fingerprint density at radius 1 is 1.05 bits per heavy atom. The first-order chi connectivity index (χ1) is 21.2. The number of piperazine rings is 1. The van der Waals surface area contributed by atoms with Gasteiger partial charge in [-0.05, 0) is 44.2 Å². The van der Waals surface area contributed by atoms with Crippen molar-refractivity contribution in [1.82, 2.24) is 14.8 Å². The van der Waals surface area contributed by atoms with E-state index in [1.807, 2.05) is 0 Å². The van der Waals surface area contributed by atoms with E-state index < -0.39 is 21.8 Å². The van der Waals surface area contributed by atoms with Gasteiger partial charge in [-0.15, -0.1) is 11.8 Å². The van der Waals surface area contributed by atoms with Gasteiger partial charge in [-0.25, -0.2) is 17.6 Å². The number of fused-ring (bicyclic) bond motifs is 1. The number of benzene rings is 2. The van der Waals surface area contributed by atoms with Crippen molar-refractivity contribution < 1.29 is 36.6 Å². The van der Waals surface area contributed by atoms with Gasteiger partial charge >= 0.3 is 5.97 Å². The van der Waals surface area contributed by atoms with E-state index in [1.165, 1.54) is 19.2 Å². The second-order valence-corrected chi connectivity index (χ2v) is 13.2. The summed E-state index contributed by atoms with van der Waals surface area (Å²) < 4.78 is 65.6. The molecule has 0 aliphatic carbocycles. The van der Waals surface area contributed by atoms with Crippen LogP contribution in [0, 0.1) is 5.82 Å². The molecule has 5 rings (SSSR count). The summed E-state index contributed by atoms with van der Waals surface area (Å²) in [5.74, 6) is 0.182. The maximum absolute atomic E-state index is 15.2. The number of esters is 1. The first-order valence-corrected chi connectivity index (χ1v) is 16.6. The highest BCUT2D eigenvalue weighted by atomic mass is 32.2. The molecule has 1 aromatic heterocycles. The van der Waals surface area contributed by atoms with Crippen molar-refractivity contribution >= 4 is 44.3 Å². The lowest BCUT2D eigenvalue weighted by atomic mass is 10.1. The van der Waals surface area contributed by atoms with E-state index in [-0.39, 0.29) is 27.7 Å². The van der Waals surface area contributed by atoms with Gasteiger partial charge in [0.25, 0.3) is 10.0 Å². The van der Waals surface area contributed by atoms with Crippen LogP contribution in [0.1, 0.15) is 12.8 Å². The molecule has 1 N–H and O–H groups in total. The lowest BCUT2D eigenvalue weighted by molar-refractivity contribution is -0.135. The van der Waals surface area contributed by atoms with Crippen LogP contribution in [0.25, 0.3) is 10.9 Å².